The van der Waals surface area contributed by atoms with Crippen molar-refractivity contribution >= 4 is 11.0 Å². The Morgan fingerprint density at radius 2 is 1.95 bits per heavy atom. The molecule has 106 valence electrons. The summed E-state index contributed by atoms with van der Waals surface area (Å²) in [6.45, 7) is 6.59. The van der Waals surface area contributed by atoms with E-state index in [1.807, 2.05) is 30.5 Å². The Hall–Kier alpha value is -1.52. The van der Waals surface area contributed by atoms with Gasteiger partial charge in [-0.1, -0.05) is 12.1 Å². The number of likely N-dealkylation sites (tertiary alicyclic amines) is 1. The van der Waals surface area contributed by atoms with Crippen molar-refractivity contribution in [3.8, 4) is 0 Å². The monoisotopic (exact) mass is 270 g/mol. The van der Waals surface area contributed by atoms with E-state index < -0.39 is 0 Å². The molecule has 1 aliphatic heterocycles. The van der Waals surface area contributed by atoms with Crippen LogP contribution in [0.4, 0.5) is 0 Å². The molecule has 0 amide bonds. The fourth-order valence-electron chi connectivity index (χ4n) is 2.80. The number of nitrogens with one attached hydrogen (secondary N) is 1. The van der Waals surface area contributed by atoms with E-state index in [9.17, 15) is 0 Å². The molecule has 4 heteroatoms. The van der Waals surface area contributed by atoms with Gasteiger partial charge in [0.1, 0.15) is 0 Å². The molecule has 1 aliphatic rings. The maximum Gasteiger partial charge on any atom is 0.0890 e. The second-order valence-electron chi connectivity index (χ2n) is 5.57. The summed E-state index contributed by atoms with van der Waals surface area (Å²) < 4.78 is 0. The molecule has 20 heavy (non-hydrogen) atoms. The second kappa shape index (κ2) is 6.29. The summed E-state index contributed by atoms with van der Waals surface area (Å²) in [6, 6.07) is 8.61. The third kappa shape index (κ3) is 3.14. The lowest BCUT2D eigenvalue weighted by atomic mass is 10.2. The van der Waals surface area contributed by atoms with Crippen LogP contribution in [0.15, 0.2) is 30.5 Å². The zero-order chi connectivity index (χ0) is 13.8. The predicted octanol–water partition coefficient (Wildman–Crippen LogP) is 2.20. The highest BCUT2D eigenvalue weighted by Gasteiger charge is 2.17. The number of fused-ring (bicyclic) bond motifs is 1. The maximum absolute atomic E-state index is 4.63. The first-order chi connectivity index (χ1) is 9.83. The van der Waals surface area contributed by atoms with E-state index in [-0.39, 0.29) is 0 Å². The van der Waals surface area contributed by atoms with Gasteiger partial charge in [0.25, 0.3) is 0 Å². The largest absolute Gasteiger partial charge is 0.310 e. The molecule has 0 bridgehead atoms. The quantitative estimate of drug-likeness (QED) is 0.904. The Bertz CT molecular complexity index is 563. The molecule has 1 saturated heterocycles. The molecule has 2 heterocycles. The van der Waals surface area contributed by atoms with Gasteiger partial charge in [0.2, 0.25) is 0 Å². The fourth-order valence-corrected chi connectivity index (χ4v) is 2.80. The van der Waals surface area contributed by atoms with Crippen molar-refractivity contribution in [2.75, 3.05) is 19.6 Å². The van der Waals surface area contributed by atoms with Crippen LogP contribution in [0.2, 0.25) is 0 Å². The molecule has 1 aromatic carbocycles. The number of para-hydroxylation sites is 2. The summed E-state index contributed by atoms with van der Waals surface area (Å²) in [7, 11) is 0. The van der Waals surface area contributed by atoms with Crippen molar-refractivity contribution in [3.05, 3.63) is 36.2 Å². The van der Waals surface area contributed by atoms with Crippen LogP contribution in [0.25, 0.3) is 11.0 Å². The lowest BCUT2D eigenvalue weighted by molar-refractivity contribution is 0.251. The van der Waals surface area contributed by atoms with Crippen LogP contribution in [0.3, 0.4) is 0 Å². The highest BCUT2D eigenvalue weighted by Crippen LogP contribution is 2.11. The van der Waals surface area contributed by atoms with Crippen molar-refractivity contribution in [3.63, 3.8) is 0 Å². The molecule has 0 radical (unpaired) electrons. The van der Waals surface area contributed by atoms with Gasteiger partial charge in [0.15, 0.2) is 0 Å². The molecule has 0 spiro atoms. The number of hydrogen-bond acceptors (Lipinski definition) is 4. The minimum atomic E-state index is 0.603. The Labute approximate surface area is 120 Å². The molecule has 1 unspecified atom stereocenters. The van der Waals surface area contributed by atoms with Crippen LogP contribution >= 0.6 is 0 Å². The Kier molecular flexibility index (Phi) is 4.23. The normalized spacial score (nSPS) is 17.6. The van der Waals surface area contributed by atoms with Crippen molar-refractivity contribution in [2.24, 2.45) is 0 Å². The number of benzene rings is 1. The summed E-state index contributed by atoms with van der Waals surface area (Å²) in [6.07, 6.45) is 4.57. The van der Waals surface area contributed by atoms with Crippen LogP contribution in [0.5, 0.6) is 0 Å². The second-order valence-corrected chi connectivity index (χ2v) is 5.57. The summed E-state index contributed by atoms with van der Waals surface area (Å²) >= 11 is 0. The fraction of sp³-hybridized carbons (Fsp3) is 0.500. The summed E-state index contributed by atoms with van der Waals surface area (Å²) in [5.74, 6) is 0. The van der Waals surface area contributed by atoms with Crippen LogP contribution < -0.4 is 5.32 Å². The van der Waals surface area contributed by atoms with E-state index in [0.717, 1.165) is 29.8 Å². The van der Waals surface area contributed by atoms with E-state index in [2.05, 4.69) is 27.1 Å². The van der Waals surface area contributed by atoms with Crippen molar-refractivity contribution in [2.45, 2.75) is 32.4 Å². The number of nitrogens with zero attached hydrogens (tertiary/aromatic N) is 3. The molecular formula is C16H22N4. The van der Waals surface area contributed by atoms with Crippen LogP contribution in [0.1, 0.15) is 25.5 Å². The third-order valence-electron chi connectivity index (χ3n) is 4.01. The molecule has 1 N–H and O–H groups in total. The zero-order valence-electron chi connectivity index (χ0n) is 12.0. The molecule has 0 aliphatic carbocycles. The molecule has 3 rings (SSSR count). The van der Waals surface area contributed by atoms with Crippen LogP contribution in [0, 0.1) is 0 Å². The Balaban J connectivity index is 1.54. The highest BCUT2D eigenvalue weighted by atomic mass is 15.2. The molecular weight excluding hydrogens is 248 g/mol. The molecule has 2 aromatic rings. The van der Waals surface area contributed by atoms with E-state index in [1.54, 1.807) is 0 Å². The average Bonchev–Trinajstić information content (AvgIpc) is 3.01. The van der Waals surface area contributed by atoms with Gasteiger partial charge in [0.05, 0.1) is 22.9 Å². The van der Waals surface area contributed by atoms with E-state index >= 15 is 0 Å². The Morgan fingerprint density at radius 1 is 1.20 bits per heavy atom. The lowest BCUT2D eigenvalue weighted by Gasteiger charge is -2.23. The van der Waals surface area contributed by atoms with Gasteiger partial charge in [-0.25, -0.2) is 4.98 Å². The maximum atomic E-state index is 4.63. The summed E-state index contributed by atoms with van der Waals surface area (Å²) in [5, 5.41) is 3.50. The highest BCUT2D eigenvalue weighted by molar-refractivity contribution is 5.73. The van der Waals surface area contributed by atoms with Crippen molar-refractivity contribution in [1.29, 1.82) is 0 Å². The van der Waals surface area contributed by atoms with Gasteiger partial charge in [-0.3, -0.25) is 9.88 Å². The Morgan fingerprint density at radius 3 is 2.75 bits per heavy atom. The molecule has 1 atom stereocenters. The van der Waals surface area contributed by atoms with Gasteiger partial charge in [-0.05, 0) is 45.0 Å². The van der Waals surface area contributed by atoms with Crippen molar-refractivity contribution in [1.82, 2.24) is 20.2 Å². The van der Waals surface area contributed by atoms with Gasteiger partial charge >= 0.3 is 0 Å². The predicted molar refractivity (Wildman–Crippen MR) is 81.5 cm³/mol. The number of aromatic nitrogens is 2. The zero-order valence-corrected chi connectivity index (χ0v) is 12.0. The van der Waals surface area contributed by atoms with Crippen LogP contribution in [-0.4, -0.2) is 40.5 Å². The van der Waals surface area contributed by atoms with Gasteiger partial charge < -0.3 is 5.32 Å². The first-order valence-electron chi connectivity index (χ1n) is 7.48. The van der Waals surface area contributed by atoms with Gasteiger partial charge in [-0.2, -0.15) is 0 Å². The van der Waals surface area contributed by atoms with Gasteiger partial charge in [0, 0.05) is 19.1 Å². The summed E-state index contributed by atoms with van der Waals surface area (Å²) in [4.78, 5) is 11.6. The van der Waals surface area contributed by atoms with E-state index in [4.69, 9.17) is 0 Å². The molecule has 1 fully saturated rings. The lowest BCUT2D eigenvalue weighted by Crippen LogP contribution is -2.38. The topological polar surface area (TPSA) is 41.1 Å². The van der Waals surface area contributed by atoms with Crippen molar-refractivity contribution < 1.29 is 0 Å². The summed E-state index contributed by atoms with van der Waals surface area (Å²) in [5.41, 5.74) is 2.94. The number of hydrogen-bond donors (Lipinski definition) is 1. The smallest absolute Gasteiger partial charge is 0.0890 e. The minimum Gasteiger partial charge on any atom is -0.310 e. The van der Waals surface area contributed by atoms with Crippen LogP contribution in [-0.2, 0) is 6.54 Å². The SMILES string of the molecule is CC(CNCc1cnc2ccccc2n1)N1CCCC1. The first-order valence-corrected chi connectivity index (χ1v) is 7.48. The number of rotatable bonds is 5. The first kappa shape index (κ1) is 13.5. The molecule has 4 nitrogen and oxygen atoms in total. The molecule has 0 saturated carbocycles. The standard InChI is InChI=1S/C16H22N4/c1-13(20-8-4-5-9-20)10-17-11-14-12-18-15-6-2-3-7-16(15)19-14/h2-3,6-7,12-13,17H,4-5,8-11H2,1H3. The van der Waals surface area contributed by atoms with E-state index in [0.29, 0.717) is 6.04 Å². The molecule has 1 aromatic heterocycles. The third-order valence-corrected chi connectivity index (χ3v) is 4.01. The van der Waals surface area contributed by atoms with E-state index in [1.165, 1.54) is 25.9 Å². The average molecular weight is 270 g/mol. The minimum absolute atomic E-state index is 0.603. The van der Waals surface area contributed by atoms with Gasteiger partial charge in [-0.15, -0.1) is 0 Å².